The summed E-state index contributed by atoms with van der Waals surface area (Å²) in [5.74, 6) is 0.487. The Hall–Kier alpha value is -1.87. The number of nitrogens with one attached hydrogen (secondary N) is 1. The van der Waals surface area contributed by atoms with Gasteiger partial charge >= 0.3 is 6.18 Å². The molecule has 2 atom stereocenters. The van der Waals surface area contributed by atoms with Crippen LogP contribution in [0, 0.1) is 0 Å². The van der Waals surface area contributed by atoms with E-state index in [-0.39, 0.29) is 16.1 Å². The van der Waals surface area contributed by atoms with Gasteiger partial charge in [-0.2, -0.15) is 13.2 Å². The normalized spacial score (nSPS) is 20.7. The third-order valence-electron chi connectivity index (χ3n) is 3.04. The fourth-order valence-electron chi connectivity index (χ4n) is 2.03. The molecule has 10 heteroatoms. The molecule has 1 aliphatic heterocycles. The maximum absolute atomic E-state index is 13.1. The molecule has 0 saturated heterocycles. The van der Waals surface area contributed by atoms with E-state index >= 15 is 0 Å². The number of rotatable bonds is 3. The van der Waals surface area contributed by atoms with Gasteiger partial charge in [-0.15, -0.1) is 0 Å². The second-order valence-corrected chi connectivity index (χ2v) is 5.94. The van der Waals surface area contributed by atoms with Gasteiger partial charge in [0.1, 0.15) is 22.4 Å². The van der Waals surface area contributed by atoms with Crippen LogP contribution in [0.5, 0.6) is 0 Å². The maximum Gasteiger partial charge on any atom is 0.419 e. The van der Waals surface area contributed by atoms with Crippen LogP contribution >= 0.6 is 23.4 Å². The molecule has 3 heterocycles. The van der Waals surface area contributed by atoms with E-state index in [0.717, 1.165) is 6.07 Å². The van der Waals surface area contributed by atoms with Crippen LogP contribution in [0.3, 0.4) is 0 Å². The van der Waals surface area contributed by atoms with Crippen molar-refractivity contribution in [1.82, 2.24) is 15.0 Å². The van der Waals surface area contributed by atoms with E-state index in [2.05, 4.69) is 25.3 Å². The number of aromatic nitrogens is 3. The van der Waals surface area contributed by atoms with Crippen molar-refractivity contribution in [3.63, 3.8) is 0 Å². The summed E-state index contributed by atoms with van der Waals surface area (Å²) in [4.78, 5) is 15.9. The lowest BCUT2D eigenvalue weighted by Crippen LogP contribution is -2.24. The minimum absolute atomic E-state index is 0.0392. The third-order valence-corrected chi connectivity index (χ3v) is 4.25. The fourth-order valence-corrected chi connectivity index (χ4v) is 3.05. The largest absolute Gasteiger partial charge is 0.419 e. The second kappa shape index (κ2) is 6.32. The van der Waals surface area contributed by atoms with E-state index in [9.17, 15) is 13.2 Å². The van der Waals surface area contributed by atoms with Crippen molar-refractivity contribution in [2.75, 3.05) is 5.32 Å². The molecule has 0 spiro atoms. The molecule has 23 heavy (non-hydrogen) atoms. The van der Waals surface area contributed by atoms with Gasteiger partial charge in [-0.3, -0.25) is 4.99 Å². The number of pyridine rings is 1. The van der Waals surface area contributed by atoms with Crippen molar-refractivity contribution in [3.8, 4) is 0 Å². The summed E-state index contributed by atoms with van der Waals surface area (Å²) >= 11 is 7.05. The first-order valence-corrected chi connectivity index (χ1v) is 7.70. The highest BCUT2D eigenvalue weighted by Crippen LogP contribution is 2.39. The molecule has 1 N–H and O–H groups in total. The topological polar surface area (TPSA) is 63.1 Å². The first kappa shape index (κ1) is 16.0. The summed E-state index contributed by atoms with van der Waals surface area (Å²) in [7, 11) is 0. The zero-order chi connectivity index (χ0) is 16.4. The average molecular weight is 360 g/mol. The van der Waals surface area contributed by atoms with Gasteiger partial charge in [0.15, 0.2) is 0 Å². The molecular formula is C13H9ClF3N5S. The molecular weight excluding hydrogens is 351 g/mol. The standard InChI is InChI=1S/C13H9ClF3N5S/c14-9-4-8(7(5-20-9)13(15,16)17)22-12-10(23-6-21-12)11-18-2-1-3-19-11/h1-6,10,12H,(H,20,22). The molecule has 5 nitrogen and oxygen atoms in total. The number of alkyl halides is 3. The van der Waals surface area contributed by atoms with Crippen molar-refractivity contribution in [1.29, 1.82) is 0 Å². The fraction of sp³-hybridized carbons (Fsp3) is 0.231. The number of halogens is 4. The Balaban J connectivity index is 1.89. The Labute approximate surface area is 138 Å². The SMILES string of the molecule is FC(F)(F)c1cnc(Cl)cc1NC1N=CSC1c1ncccn1. The summed E-state index contributed by atoms with van der Waals surface area (Å²) < 4.78 is 39.2. The van der Waals surface area contributed by atoms with E-state index in [1.807, 2.05) is 0 Å². The van der Waals surface area contributed by atoms with Crippen LogP contribution in [0.25, 0.3) is 0 Å². The van der Waals surface area contributed by atoms with Crippen LogP contribution in [0.15, 0.2) is 35.7 Å². The summed E-state index contributed by atoms with van der Waals surface area (Å²) in [5, 5.41) is 2.39. The molecule has 0 aliphatic carbocycles. The molecule has 0 radical (unpaired) electrons. The Morgan fingerprint density at radius 2 is 1.91 bits per heavy atom. The highest BCUT2D eigenvalue weighted by atomic mass is 35.5. The quantitative estimate of drug-likeness (QED) is 0.844. The average Bonchev–Trinajstić information content (AvgIpc) is 2.95. The Kier molecular flexibility index (Phi) is 4.40. The lowest BCUT2D eigenvalue weighted by molar-refractivity contribution is -0.137. The van der Waals surface area contributed by atoms with Gasteiger partial charge < -0.3 is 5.32 Å². The molecule has 0 saturated carbocycles. The summed E-state index contributed by atoms with van der Waals surface area (Å²) in [6, 6.07) is 2.79. The van der Waals surface area contributed by atoms with Crippen LogP contribution in [0.2, 0.25) is 5.15 Å². The van der Waals surface area contributed by atoms with Gasteiger partial charge in [0.05, 0.1) is 16.8 Å². The summed E-state index contributed by atoms with van der Waals surface area (Å²) in [6.45, 7) is 0. The number of thioether (sulfide) groups is 1. The minimum Gasteiger partial charge on any atom is -0.362 e. The molecule has 3 rings (SSSR count). The van der Waals surface area contributed by atoms with Crippen molar-refractivity contribution < 1.29 is 13.2 Å². The van der Waals surface area contributed by atoms with E-state index in [1.165, 1.54) is 11.8 Å². The summed E-state index contributed by atoms with van der Waals surface area (Å²) in [5.41, 5.74) is 0.485. The minimum atomic E-state index is -4.55. The van der Waals surface area contributed by atoms with Crippen molar-refractivity contribution in [2.24, 2.45) is 4.99 Å². The summed E-state index contributed by atoms with van der Waals surface area (Å²) in [6.07, 6.45) is -1.34. The van der Waals surface area contributed by atoms with E-state index < -0.39 is 17.9 Å². The smallest absolute Gasteiger partial charge is 0.362 e. The van der Waals surface area contributed by atoms with Gasteiger partial charge in [0.2, 0.25) is 0 Å². The monoisotopic (exact) mass is 359 g/mol. The lowest BCUT2D eigenvalue weighted by atomic mass is 10.2. The maximum atomic E-state index is 13.1. The molecule has 0 bridgehead atoms. The van der Waals surface area contributed by atoms with Crippen molar-refractivity contribution in [3.05, 3.63) is 47.3 Å². The van der Waals surface area contributed by atoms with Crippen molar-refractivity contribution >= 4 is 34.6 Å². The zero-order valence-corrected chi connectivity index (χ0v) is 12.9. The second-order valence-electron chi connectivity index (χ2n) is 4.56. The van der Waals surface area contributed by atoms with Crippen LogP contribution in [-0.4, -0.2) is 26.7 Å². The first-order valence-electron chi connectivity index (χ1n) is 6.38. The highest BCUT2D eigenvalue weighted by molar-refractivity contribution is 8.12. The van der Waals surface area contributed by atoms with Gasteiger partial charge in [-0.05, 0) is 12.1 Å². The van der Waals surface area contributed by atoms with E-state index in [1.54, 1.807) is 24.0 Å². The van der Waals surface area contributed by atoms with Gasteiger partial charge in [0.25, 0.3) is 0 Å². The van der Waals surface area contributed by atoms with Crippen LogP contribution in [-0.2, 0) is 6.18 Å². The number of hydrogen-bond donors (Lipinski definition) is 1. The predicted molar refractivity (Wildman–Crippen MR) is 82.5 cm³/mol. The Morgan fingerprint density at radius 1 is 1.17 bits per heavy atom. The molecule has 2 aromatic heterocycles. The molecule has 0 aromatic carbocycles. The molecule has 2 unspecified atom stereocenters. The van der Waals surface area contributed by atoms with Gasteiger partial charge in [-0.25, -0.2) is 15.0 Å². The molecule has 0 fully saturated rings. The van der Waals surface area contributed by atoms with Gasteiger partial charge in [-0.1, -0.05) is 23.4 Å². The van der Waals surface area contributed by atoms with E-state index in [0.29, 0.717) is 12.0 Å². The van der Waals surface area contributed by atoms with Crippen LogP contribution in [0.1, 0.15) is 16.6 Å². The third kappa shape index (κ3) is 3.56. The Morgan fingerprint density at radius 3 is 2.61 bits per heavy atom. The first-order chi connectivity index (χ1) is 10.9. The Bertz CT molecular complexity index is 725. The van der Waals surface area contributed by atoms with Crippen LogP contribution in [0.4, 0.5) is 18.9 Å². The number of hydrogen-bond acceptors (Lipinski definition) is 6. The highest BCUT2D eigenvalue weighted by Gasteiger charge is 2.36. The molecule has 1 aliphatic rings. The molecule has 2 aromatic rings. The predicted octanol–water partition coefficient (Wildman–Crippen LogP) is 3.80. The van der Waals surface area contributed by atoms with Crippen LogP contribution < -0.4 is 5.32 Å². The zero-order valence-electron chi connectivity index (χ0n) is 11.3. The molecule has 120 valence electrons. The van der Waals surface area contributed by atoms with Gasteiger partial charge in [0, 0.05) is 18.6 Å². The molecule has 0 amide bonds. The number of nitrogens with zero attached hydrogens (tertiary/aromatic N) is 4. The lowest BCUT2D eigenvalue weighted by Gasteiger charge is -2.21. The van der Waals surface area contributed by atoms with Crippen molar-refractivity contribution in [2.45, 2.75) is 17.6 Å². The number of anilines is 1. The van der Waals surface area contributed by atoms with E-state index in [4.69, 9.17) is 11.6 Å². The number of aliphatic imine (C=N–C) groups is 1.